The Balaban J connectivity index is 1.16. The van der Waals surface area contributed by atoms with Gasteiger partial charge in [-0.05, 0) is 65.6 Å². The van der Waals surface area contributed by atoms with Gasteiger partial charge in [-0.3, -0.25) is 19.5 Å². The topological polar surface area (TPSA) is 110 Å². The Bertz CT molecular complexity index is 1150. The van der Waals surface area contributed by atoms with Crippen molar-refractivity contribution in [3.8, 4) is 0 Å². The van der Waals surface area contributed by atoms with Crippen molar-refractivity contribution in [2.24, 2.45) is 28.0 Å². The Kier molecular flexibility index (Phi) is 9.34. The van der Waals surface area contributed by atoms with E-state index in [0.717, 1.165) is 44.6 Å². The standard InChI is InChI=1S/C32H52F2N8O2/c1-4-32-10-5-11-41-19-22(33)6-7-25(32)38-29(35)26(28(32)41)30(43)37-24-17-36-16-23(34)27(24)40-12-8-21(9-13-40)31(44)42-15-14-39(3)20(2)18-42/h19-21,23-24,26-29,36H,4-18,35H2,1-3H3,(H,37,43). The van der Waals surface area contributed by atoms with Crippen molar-refractivity contribution in [2.75, 3.05) is 59.4 Å². The number of amides is 2. The fourth-order valence-corrected chi connectivity index (χ4v) is 9.17. The highest BCUT2D eigenvalue weighted by Crippen LogP contribution is 2.49. The van der Waals surface area contributed by atoms with Crippen molar-refractivity contribution in [3.63, 3.8) is 0 Å². The fourth-order valence-electron chi connectivity index (χ4n) is 9.17. The molecule has 10 nitrogen and oxygen atoms in total. The molecule has 246 valence electrons. The largest absolute Gasteiger partial charge is 0.370 e. The monoisotopic (exact) mass is 618 g/mol. The van der Waals surface area contributed by atoms with Gasteiger partial charge in [-0.1, -0.05) is 6.92 Å². The molecule has 0 aromatic heterocycles. The van der Waals surface area contributed by atoms with Crippen LogP contribution in [0, 0.1) is 17.3 Å². The number of alkyl halides is 1. The Morgan fingerprint density at radius 1 is 1.16 bits per heavy atom. The average Bonchev–Trinajstić information content (AvgIpc) is 3.01. The molecule has 4 fully saturated rings. The van der Waals surface area contributed by atoms with Crippen LogP contribution in [0.3, 0.4) is 0 Å². The van der Waals surface area contributed by atoms with Gasteiger partial charge < -0.3 is 31.1 Å². The molecule has 4 saturated heterocycles. The van der Waals surface area contributed by atoms with E-state index in [9.17, 15) is 14.0 Å². The lowest BCUT2D eigenvalue weighted by atomic mass is 9.60. The fraction of sp³-hybridized carbons (Fsp3) is 0.844. The molecule has 6 rings (SSSR count). The summed E-state index contributed by atoms with van der Waals surface area (Å²) in [6, 6.07) is -0.893. The minimum absolute atomic E-state index is 0.0478. The minimum Gasteiger partial charge on any atom is -0.370 e. The van der Waals surface area contributed by atoms with Crippen LogP contribution < -0.4 is 16.4 Å². The molecule has 6 aliphatic heterocycles. The molecule has 0 aromatic rings. The summed E-state index contributed by atoms with van der Waals surface area (Å²) in [6.07, 6.45) is 4.51. The number of likely N-dealkylation sites (N-methyl/N-ethyl adjacent to an activating group) is 1. The third-order valence-electron chi connectivity index (χ3n) is 11.8. The molecule has 0 saturated carbocycles. The zero-order valence-corrected chi connectivity index (χ0v) is 26.7. The number of rotatable bonds is 5. The third kappa shape index (κ3) is 5.80. The summed E-state index contributed by atoms with van der Waals surface area (Å²) in [5.74, 6) is -0.920. The smallest absolute Gasteiger partial charge is 0.229 e. The van der Waals surface area contributed by atoms with E-state index in [-0.39, 0.29) is 41.6 Å². The Labute approximate surface area is 260 Å². The predicted octanol–water partition coefficient (Wildman–Crippen LogP) is 1.48. The predicted molar refractivity (Wildman–Crippen MR) is 166 cm³/mol. The number of piperidine rings is 3. The van der Waals surface area contributed by atoms with Gasteiger partial charge in [0.05, 0.1) is 24.0 Å². The van der Waals surface area contributed by atoms with E-state index in [1.165, 1.54) is 0 Å². The van der Waals surface area contributed by atoms with E-state index >= 15 is 4.39 Å². The number of carbonyl (C=O) groups is 2. The van der Waals surface area contributed by atoms with Gasteiger partial charge in [0.15, 0.2) is 0 Å². The van der Waals surface area contributed by atoms with Crippen LogP contribution in [-0.4, -0.2) is 133 Å². The number of hydrogen-bond acceptors (Lipinski definition) is 8. The number of carbonyl (C=O) groups excluding carboxylic acids is 2. The molecule has 0 radical (unpaired) electrons. The van der Waals surface area contributed by atoms with Gasteiger partial charge in [0.1, 0.15) is 18.2 Å². The van der Waals surface area contributed by atoms with Crippen molar-refractivity contribution in [2.45, 2.75) is 95.3 Å². The van der Waals surface area contributed by atoms with Crippen molar-refractivity contribution in [1.29, 1.82) is 0 Å². The van der Waals surface area contributed by atoms with Crippen LogP contribution in [0.4, 0.5) is 8.78 Å². The van der Waals surface area contributed by atoms with Gasteiger partial charge >= 0.3 is 0 Å². The highest BCUT2D eigenvalue weighted by atomic mass is 19.1. The molecule has 0 spiro atoms. The van der Waals surface area contributed by atoms with Crippen LogP contribution in [0.1, 0.15) is 58.8 Å². The maximum atomic E-state index is 15.7. The highest BCUT2D eigenvalue weighted by Gasteiger charge is 2.57. The normalized spacial score (nSPS) is 39.2. The van der Waals surface area contributed by atoms with Gasteiger partial charge in [-0.25, -0.2) is 8.78 Å². The second kappa shape index (κ2) is 12.9. The van der Waals surface area contributed by atoms with Crippen LogP contribution in [0.2, 0.25) is 0 Å². The molecule has 44 heavy (non-hydrogen) atoms. The zero-order valence-electron chi connectivity index (χ0n) is 26.7. The lowest BCUT2D eigenvalue weighted by molar-refractivity contribution is -0.140. The summed E-state index contributed by atoms with van der Waals surface area (Å²) in [4.78, 5) is 40.9. The summed E-state index contributed by atoms with van der Waals surface area (Å²) in [7, 11) is 2.10. The summed E-state index contributed by atoms with van der Waals surface area (Å²) in [6.45, 7) is 9.25. The number of nitrogens with one attached hydrogen (secondary N) is 2. The SMILES string of the molecule is CCC12CCCN3C=C(F)CCC1=NC(N)C(C(=O)NC1CNCC(F)C1N1CCC(C(=O)N4CCN(C)C(C)C4)CC1)C32. The van der Waals surface area contributed by atoms with E-state index in [1.807, 2.05) is 9.80 Å². The molecule has 8 unspecified atom stereocenters. The van der Waals surface area contributed by atoms with Crippen LogP contribution in [0.5, 0.6) is 0 Å². The first-order chi connectivity index (χ1) is 21.1. The summed E-state index contributed by atoms with van der Waals surface area (Å²) in [5.41, 5.74) is 7.27. The van der Waals surface area contributed by atoms with E-state index in [4.69, 9.17) is 10.7 Å². The van der Waals surface area contributed by atoms with E-state index in [0.29, 0.717) is 57.9 Å². The number of piperazine rings is 1. The molecule has 2 amide bonds. The Hall–Kier alpha value is -2.15. The Morgan fingerprint density at radius 3 is 2.66 bits per heavy atom. The van der Waals surface area contributed by atoms with Crippen LogP contribution in [0.25, 0.3) is 0 Å². The van der Waals surface area contributed by atoms with Gasteiger partial charge in [0, 0.05) is 75.0 Å². The summed E-state index contributed by atoms with van der Waals surface area (Å²) >= 11 is 0. The minimum atomic E-state index is -1.16. The number of nitrogens with zero attached hydrogens (tertiary/aromatic N) is 5. The quantitative estimate of drug-likeness (QED) is 0.428. The molecule has 12 heteroatoms. The number of aliphatic imine (C=N–C) groups is 1. The van der Waals surface area contributed by atoms with Gasteiger partial charge in [-0.15, -0.1) is 0 Å². The molecule has 4 bridgehead atoms. The number of likely N-dealkylation sites (tertiary alicyclic amines) is 1. The molecule has 0 aromatic carbocycles. The van der Waals surface area contributed by atoms with Gasteiger partial charge in [0.25, 0.3) is 0 Å². The third-order valence-corrected chi connectivity index (χ3v) is 11.8. The first kappa shape index (κ1) is 31.8. The van der Waals surface area contributed by atoms with Crippen molar-refractivity contribution >= 4 is 17.5 Å². The summed E-state index contributed by atoms with van der Waals surface area (Å²) < 4.78 is 30.5. The molecular weight excluding hydrogens is 566 g/mol. The second-order valence-corrected chi connectivity index (χ2v) is 14.2. The molecule has 6 aliphatic rings. The molecule has 6 heterocycles. The molecular formula is C32H52F2N8O2. The first-order valence-electron chi connectivity index (χ1n) is 17.0. The van der Waals surface area contributed by atoms with Gasteiger partial charge in [0.2, 0.25) is 11.8 Å². The van der Waals surface area contributed by atoms with Crippen molar-refractivity contribution in [3.05, 3.63) is 12.0 Å². The van der Waals surface area contributed by atoms with Crippen LogP contribution in [0.15, 0.2) is 17.0 Å². The maximum Gasteiger partial charge on any atom is 0.229 e. The number of nitrogens with two attached hydrogens (primary N) is 1. The lowest BCUT2D eigenvalue weighted by Crippen LogP contribution is -2.70. The molecule has 4 N–H and O–H groups in total. The average molecular weight is 619 g/mol. The van der Waals surface area contributed by atoms with E-state index in [1.54, 1.807) is 6.20 Å². The van der Waals surface area contributed by atoms with Crippen LogP contribution in [-0.2, 0) is 9.59 Å². The number of allylic oxidation sites excluding steroid dienone is 1. The second-order valence-electron chi connectivity index (χ2n) is 14.2. The van der Waals surface area contributed by atoms with E-state index in [2.05, 4.69) is 41.3 Å². The molecule has 0 aliphatic carbocycles. The number of hydrogen-bond donors (Lipinski definition) is 3. The number of halogens is 2. The van der Waals surface area contributed by atoms with Crippen molar-refractivity contribution < 1.29 is 18.4 Å². The van der Waals surface area contributed by atoms with Crippen LogP contribution >= 0.6 is 0 Å². The maximum absolute atomic E-state index is 15.7. The van der Waals surface area contributed by atoms with Crippen molar-refractivity contribution in [1.82, 2.24) is 30.2 Å². The Morgan fingerprint density at radius 2 is 1.93 bits per heavy atom. The highest BCUT2D eigenvalue weighted by molar-refractivity contribution is 5.95. The zero-order chi connectivity index (χ0) is 31.2. The lowest BCUT2D eigenvalue weighted by Gasteiger charge is -2.57. The van der Waals surface area contributed by atoms with Gasteiger partial charge in [-0.2, -0.15) is 0 Å². The van der Waals surface area contributed by atoms with E-state index < -0.39 is 30.3 Å². The first-order valence-corrected chi connectivity index (χ1v) is 17.0. The molecule has 8 atom stereocenters. The summed E-state index contributed by atoms with van der Waals surface area (Å²) in [5, 5.41) is 6.39.